The molecule has 0 aliphatic carbocycles. The lowest BCUT2D eigenvalue weighted by molar-refractivity contribution is -0.757. The van der Waals surface area contributed by atoms with Crippen LogP contribution in [0.5, 0.6) is 0 Å². The van der Waals surface area contributed by atoms with Crippen LogP contribution in [0, 0.1) is 20.2 Å². The smallest absolute Gasteiger partial charge is 0.294 e. The quantitative estimate of drug-likeness (QED) is 0.104. The molecule has 45 heavy (non-hydrogen) atoms. The fourth-order valence-corrected chi connectivity index (χ4v) is 9.54. The summed E-state index contributed by atoms with van der Waals surface area (Å²) in [4.78, 5) is 56.1. The van der Waals surface area contributed by atoms with Gasteiger partial charge in [0.05, 0.1) is 19.3 Å². The zero-order chi connectivity index (χ0) is 33.6. The Kier molecular flexibility index (Phi) is 15.3. The number of sulfonamides is 2. The minimum atomic E-state index is -4.47. The largest absolute Gasteiger partial charge is 0.385 e. The van der Waals surface area contributed by atoms with Gasteiger partial charge in [0.2, 0.25) is 11.8 Å². The van der Waals surface area contributed by atoms with Crippen molar-refractivity contribution in [3.63, 3.8) is 0 Å². The van der Waals surface area contributed by atoms with Crippen molar-refractivity contribution in [3.05, 3.63) is 31.9 Å². The topological polar surface area (TPSA) is 235 Å². The lowest BCUT2D eigenvalue weighted by Crippen LogP contribution is -2.47. The van der Waals surface area contributed by atoms with Crippen LogP contribution in [0.15, 0.2) is 14.5 Å². The fourth-order valence-electron chi connectivity index (χ4n) is 4.66. The van der Waals surface area contributed by atoms with Crippen molar-refractivity contribution in [1.29, 1.82) is 0 Å². The average molecular weight is 702 g/mol. The lowest BCUT2D eigenvalue weighted by Gasteiger charge is -2.38. The van der Waals surface area contributed by atoms with Gasteiger partial charge < -0.3 is 19.3 Å². The van der Waals surface area contributed by atoms with Gasteiger partial charge in [-0.05, 0) is 45.1 Å². The Morgan fingerprint density at radius 1 is 1.02 bits per heavy atom. The highest BCUT2D eigenvalue weighted by Crippen LogP contribution is 2.42. The van der Waals surface area contributed by atoms with Gasteiger partial charge in [-0.15, -0.1) is 31.6 Å². The number of fused-ring (bicyclic) bond motifs is 1. The highest BCUT2D eigenvalue weighted by atomic mass is 32.3. The molecule has 1 atom stereocenters. The molecule has 0 fully saturated rings. The predicted octanol–water partition coefficient (Wildman–Crippen LogP) is 2.02. The lowest BCUT2D eigenvalue weighted by atomic mass is 10.1. The van der Waals surface area contributed by atoms with E-state index in [1.54, 1.807) is 6.92 Å². The van der Waals surface area contributed by atoms with Crippen molar-refractivity contribution in [2.45, 2.75) is 79.2 Å². The van der Waals surface area contributed by atoms with Gasteiger partial charge in [0.25, 0.3) is 30.2 Å². The number of amides is 2. The van der Waals surface area contributed by atoms with Crippen molar-refractivity contribution in [3.8, 4) is 0 Å². The predicted molar refractivity (Wildman–Crippen MR) is 158 cm³/mol. The van der Waals surface area contributed by atoms with Crippen LogP contribution in [0.25, 0.3) is 0 Å². The monoisotopic (exact) mass is 701 g/mol. The number of rotatable bonds is 22. The van der Waals surface area contributed by atoms with Crippen molar-refractivity contribution < 1.29 is 51.0 Å². The Labute approximate surface area is 265 Å². The first-order chi connectivity index (χ1) is 21.2. The number of likely N-dealkylation sites (N-methyl/N-ethyl adjacent to an activating group) is 1. The normalized spacial score (nSPS) is 16.0. The maximum atomic E-state index is 13.6. The fraction of sp³-hybridized carbons (Fsp3) is 0.750. The van der Waals surface area contributed by atoms with E-state index < -0.39 is 46.4 Å². The molecule has 1 N–H and O–H groups in total. The van der Waals surface area contributed by atoms with Gasteiger partial charge in [0.15, 0.2) is 0 Å². The Hall–Kier alpha value is -3.14. The summed E-state index contributed by atoms with van der Waals surface area (Å²) < 4.78 is 61.0. The summed E-state index contributed by atoms with van der Waals surface area (Å²) >= 11 is 0.494. The van der Waals surface area contributed by atoms with Crippen molar-refractivity contribution in [2.24, 2.45) is 0 Å². The number of hydrogen-bond donors (Lipinski definition) is 1. The first-order valence-corrected chi connectivity index (χ1v) is 18.0. The van der Waals surface area contributed by atoms with E-state index in [4.69, 9.17) is 4.74 Å². The second kappa shape index (κ2) is 18.1. The zero-order valence-corrected chi connectivity index (χ0v) is 27.5. The third kappa shape index (κ3) is 11.6. The molecule has 0 bridgehead atoms. The molecule has 0 radical (unpaired) electrons. The van der Waals surface area contributed by atoms with Crippen LogP contribution in [0.1, 0.15) is 76.3 Å². The minimum absolute atomic E-state index is 0.0672. The number of carbonyl (C=O) groups is 2. The summed E-state index contributed by atoms with van der Waals surface area (Å²) in [7, 11) is -7.14. The number of unbranched alkanes of at least 4 members (excludes halogenated alkanes) is 4. The first-order valence-electron chi connectivity index (χ1n) is 14.3. The molecule has 0 aromatic carbocycles. The van der Waals surface area contributed by atoms with Gasteiger partial charge in [-0.25, -0.2) is 21.6 Å². The molecule has 1 aliphatic rings. The third-order valence-corrected chi connectivity index (χ3v) is 12.2. The second-order valence-corrected chi connectivity index (χ2v) is 15.1. The van der Waals surface area contributed by atoms with Crippen LogP contribution in [0.4, 0.5) is 0 Å². The third-order valence-electron chi connectivity index (χ3n) is 6.79. The molecule has 0 spiro atoms. The molecular weight excluding hydrogens is 662 g/mol. The number of nitrogens with one attached hydrogen (secondary N) is 1. The van der Waals surface area contributed by atoms with Crippen LogP contribution in [0.3, 0.4) is 0 Å². The maximum Gasteiger partial charge on any atom is 0.294 e. The molecule has 0 saturated heterocycles. The number of thiophene rings is 1. The van der Waals surface area contributed by atoms with E-state index in [-0.39, 0.29) is 74.4 Å². The van der Waals surface area contributed by atoms with Crippen molar-refractivity contribution in [2.75, 3.05) is 46.6 Å². The van der Waals surface area contributed by atoms with Gasteiger partial charge in [0.1, 0.15) is 8.42 Å². The maximum absolute atomic E-state index is 13.6. The second-order valence-electron chi connectivity index (χ2n) is 9.98. The van der Waals surface area contributed by atoms with Gasteiger partial charge >= 0.3 is 0 Å². The molecule has 0 unspecified atom stereocenters. The van der Waals surface area contributed by atoms with E-state index in [0.29, 0.717) is 49.9 Å². The Balaban J connectivity index is 2.25. The minimum Gasteiger partial charge on any atom is -0.385 e. The van der Waals surface area contributed by atoms with Crippen molar-refractivity contribution >= 4 is 43.2 Å². The van der Waals surface area contributed by atoms with Crippen LogP contribution in [0.2, 0.25) is 0 Å². The van der Waals surface area contributed by atoms with Crippen LogP contribution < -0.4 is 4.72 Å². The number of hydrogen-bond acceptors (Lipinski definition) is 14. The Bertz CT molecular complexity index is 1380. The molecule has 256 valence electrons. The summed E-state index contributed by atoms with van der Waals surface area (Å²) in [5.74, 6) is -1.13. The highest BCUT2D eigenvalue weighted by molar-refractivity contribution is 7.94. The summed E-state index contributed by atoms with van der Waals surface area (Å²) in [6.45, 7) is 1.90. The van der Waals surface area contributed by atoms with Crippen LogP contribution >= 0.6 is 11.3 Å². The Morgan fingerprint density at radius 3 is 2.18 bits per heavy atom. The summed E-state index contributed by atoms with van der Waals surface area (Å²) in [5.41, 5.74) is 0.135. The molecule has 2 amide bonds. The summed E-state index contributed by atoms with van der Waals surface area (Å²) in [5, 5.41) is 18.7. The van der Waals surface area contributed by atoms with E-state index in [0.717, 1.165) is 0 Å². The highest BCUT2D eigenvalue weighted by Gasteiger charge is 2.43. The standard InChI is InChI=1S/C24H39N5O13S3/c1-3-27(22(31)12-7-5-9-16-42-29(34)35)20-18-26(13-10-14-40-2)45(38,39)24-19(20)17-23(43-24)44(36,37)25-21(30)11-6-4-8-15-41-28(32)33/h17,20H,3-16,18H2,1-2H3,(H,25,30)/t20-/m0/s1. The SMILES string of the molecule is CCN(C(=O)CCCCCO[N+](=O)[O-])[C@H]1CN(CCCOC)S(=O)(=O)c2sc(S(=O)(=O)NC(=O)CCCCCO[N+](=O)[O-])cc21. The molecule has 1 aliphatic heterocycles. The van der Waals surface area contributed by atoms with Gasteiger partial charge in [0, 0.05) is 51.8 Å². The molecule has 18 nitrogen and oxygen atoms in total. The number of ether oxygens (including phenoxy) is 1. The number of methoxy groups -OCH3 is 1. The van der Waals surface area contributed by atoms with Gasteiger partial charge in [-0.2, -0.15) is 4.31 Å². The molecule has 2 heterocycles. The summed E-state index contributed by atoms with van der Waals surface area (Å²) in [6.07, 6.45) is 2.42. The van der Waals surface area contributed by atoms with E-state index in [1.165, 1.54) is 22.4 Å². The molecule has 0 saturated carbocycles. The average Bonchev–Trinajstić information content (AvgIpc) is 3.43. The van der Waals surface area contributed by atoms with Crippen LogP contribution in [-0.4, -0.2) is 94.6 Å². The van der Waals surface area contributed by atoms with E-state index in [9.17, 15) is 46.7 Å². The number of carbonyl (C=O) groups excluding carboxylic acids is 2. The molecular formula is C24H39N5O13S3. The van der Waals surface area contributed by atoms with Gasteiger partial charge in [-0.3, -0.25) is 9.59 Å². The van der Waals surface area contributed by atoms with E-state index in [1.807, 2.05) is 4.72 Å². The van der Waals surface area contributed by atoms with Crippen molar-refractivity contribution in [1.82, 2.24) is 13.9 Å². The van der Waals surface area contributed by atoms with Crippen LogP contribution in [-0.2, 0) is 44.0 Å². The molecule has 2 rings (SSSR count). The Morgan fingerprint density at radius 2 is 1.62 bits per heavy atom. The van der Waals surface area contributed by atoms with E-state index in [2.05, 4.69) is 9.68 Å². The molecule has 1 aromatic rings. The zero-order valence-electron chi connectivity index (χ0n) is 25.1. The molecule has 21 heteroatoms. The number of nitrogens with zero attached hydrogens (tertiary/aromatic N) is 4. The van der Waals surface area contributed by atoms with E-state index >= 15 is 0 Å². The van der Waals surface area contributed by atoms with Gasteiger partial charge in [-0.1, -0.05) is 12.8 Å². The first kappa shape index (κ1) is 38.0. The molecule has 1 aromatic heterocycles. The summed E-state index contributed by atoms with van der Waals surface area (Å²) in [6, 6.07) is 0.378.